The van der Waals surface area contributed by atoms with E-state index in [0.29, 0.717) is 15.7 Å². The number of carbonyl (C=O) groups is 2. The van der Waals surface area contributed by atoms with Crippen LogP contribution in [0.5, 0.6) is 0 Å². The summed E-state index contributed by atoms with van der Waals surface area (Å²) in [5, 5.41) is 12.4. The van der Waals surface area contributed by atoms with Crippen LogP contribution in [0.4, 0.5) is 5.69 Å². The van der Waals surface area contributed by atoms with E-state index >= 15 is 0 Å². The van der Waals surface area contributed by atoms with Crippen LogP contribution in [0.3, 0.4) is 0 Å². The number of anilines is 1. The zero-order valence-corrected chi connectivity index (χ0v) is 15.7. The zero-order valence-electron chi connectivity index (χ0n) is 14.2. The number of carbonyl (C=O) groups excluding carboxylic acids is 1. The third-order valence-electron chi connectivity index (χ3n) is 4.39. The number of carboxylic acid groups (broad SMARTS) is 1. The van der Waals surface area contributed by atoms with Gasteiger partial charge in [0.1, 0.15) is 0 Å². The summed E-state index contributed by atoms with van der Waals surface area (Å²) in [6, 6.07) is 5.35. The summed E-state index contributed by atoms with van der Waals surface area (Å²) in [6.07, 6.45) is 2.71. The Balaban J connectivity index is 1.85. The van der Waals surface area contributed by atoms with Crippen LogP contribution >= 0.6 is 23.2 Å². The van der Waals surface area contributed by atoms with Gasteiger partial charge in [-0.15, -0.1) is 0 Å². The number of likely N-dealkylation sites (N-methyl/N-ethyl adjacent to an activating group) is 1. The molecule has 1 fully saturated rings. The maximum absolute atomic E-state index is 12.3. The fourth-order valence-corrected chi connectivity index (χ4v) is 3.42. The quantitative estimate of drug-likeness (QED) is 0.784. The SMILES string of the molecule is CN(CC(=O)O)C1CCCN(CC(=O)Nc2cccc(Cl)c2Cl)CC1. The lowest BCUT2D eigenvalue weighted by molar-refractivity contribution is -0.138. The smallest absolute Gasteiger partial charge is 0.317 e. The zero-order chi connectivity index (χ0) is 18.4. The monoisotopic (exact) mass is 387 g/mol. The van der Waals surface area contributed by atoms with Crippen molar-refractivity contribution in [2.45, 2.75) is 25.3 Å². The predicted molar refractivity (Wildman–Crippen MR) is 99.4 cm³/mol. The highest BCUT2D eigenvalue weighted by Gasteiger charge is 2.22. The van der Waals surface area contributed by atoms with Gasteiger partial charge in [0.25, 0.3) is 0 Å². The van der Waals surface area contributed by atoms with E-state index in [-0.39, 0.29) is 25.0 Å². The van der Waals surface area contributed by atoms with Crippen LogP contribution in [0.2, 0.25) is 10.0 Å². The molecule has 0 saturated carbocycles. The predicted octanol–water partition coefficient (Wildman–Crippen LogP) is 2.80. The largest absolute Gasteiger partial charge is 0.480 e. The van der Waals surface area contributed by atoms with Gasteiger partial charge in [-0.3, -0.25) is 19.4 Å². The van der Waals surface area contributed by atoms with Crippen molar-refractivity contribution in [3.8, 4) is 0 Å². The highest BCUT2D eigenvalue weighted by molar-refractivity contribution is 6.43. The summed E-state index contributed by atoms with van der Waals surface area (Å²) in [5.41, 5.74) is 0.507. The van der Waals surface area contributed by atoms with E-state index in [1.54, 1.807) is 18.2 Å². The molecule has 0 spiro atoms. The molecule has 1 aliphatic rings. The van der Waals surface area contributed by atoms with Crippen LogP contribution in [0, 0.1) is 0 Å². The number of nitrogens with zero attached hydrogens (tertiary/aromatic N) is 2. The molecule has 138 valence electrons. The van der Waals surface area contributed by atoms with Gasteiger partial charge in [-0.25, -0.2) is 0 Å². The van der Waals surface area contributed by atoms with Crippen molar-refractivity contribution in [1.29, 1.82) is 0 Å². The van der Waals surface area contributed by atoms with Crippen molar-refractivity contribution in [2.75, 3.05) is 38.5 Å². The lowest BCUT2D eigenvalue weighted by Gasteiger charge is -2.25. The number of amides is 1. The molecule has 6 nitrogen and oxygen atoms in total. The van der Waals surface area contributed by atoms with Gasteiger partial charge in [0.05, 0.1) is 28.8 Å². The first-order chi connectivity index (χ1) is 11.9. The number of likely N-dealkylation sites (tertiary alicyclic amines) is 1. The molecule has 1 unspecified atom stereocenters. The number of hydrogen-bond acceptors (Lipinski definition) is 4. The van der Waals surface area contributed by atoms with Crippen LogP contribution in [-0.2, 0) is 9.59 Å². The number of nitrogens with one attached hydrogen (secondary N) is 1. The van der Waals surface area contributed by atoms with E-state index in [1.807, 2.05) is 11.9 Å². The van der Waals surface area contributed by atoms with Crippen molar-refractivity contribution >= 4 is 40.8 Å². The Morgan fingerprint density at radius 2 is 2.08 bits per heavy atom. The molecule has 1 saturated heterocycles. The minimum absolute atomic E-state index is 0.0401. The van der Waals surface area contributed by atoms with Gasteiger partial charge in [0.15, 0.2) is 0 Å². The Morgan fingerprint density at radius 1 is 1.32 bits per heavy atom. The first-order valence-electron chi connectivity index (χ1n) is 8.25. The molecular weight excluding hydrogens is 365 g/mol. The number of halogens is 2. The number of benzene rings is 1. The van der Waals surface area contributed by atoms with E-state index in [9.17, 15) is 9.59 Å². The molecule has 1 heterocycles. The second kappa shape index (κ2) is 9.38. The topological polar surface area (TPSA) is 72.9 Å². The number of hydrogen-bond donors (Lipinski definition) is 2. The summed E-state index contributed by atoms with van der Waals surface area (Å²) in [7, 11) is 1.84. The molecule has 25 heavy (non-hydrogen) atoms. The fraction of sp³-hybridized carbons (Fsp3) is 0.529. The fourth-order valence-electron chi connectivity index (χ4n) is 3.07. The van der Waals surface area contributed by atoms with E-state index in [0.717, 1.165) is 32.4 Å². The summed E-state index contributed by atoms with van der Waals surface area (Å²) < 4.78 is 0. The van der Waals surface area contributed by atoms with Crippen LogP contribution < -0.4 is 5.32 Å². The van der Waals surface area contributed by atoms with Gasteiger partial charge in [0.2, 0.25) is 5.91 Å². The lowest BCUT2D eigenvalue weighted by atomic mass is 10.1. The van der Waals surface area contributed by atoms with E-state index < -0.39 is 5.97 Å². The Labute approximate surface area is 157 Å². The molecule has 1 aliphatic heterocycles. The molecule has 0 bridgehead atoms. The van der Waals surface area contributed by atoms with Gasteiger partial charge in [-0.1, -0.05) is 29.3 Å². The van der Waals surface area contributed by atoms with Crippen LogP contribution in [0.15, 0.2) is 18.2 Å². The third kappa shape index (κ3) is 6.15. The van der Waals surface area contributed by atoms with Crippen molar-refractivity contribution in [1.82, 2.24) is 9.80 Å². The van der Waals surface area contributed by atoms with E-state index in [2.05, 4.69) is 10.2 Å². The minimum atomic E-state index is -0.818. The maximum atomic E-state index is 12.3. The standard InChI is InChI=1S/C17H23Cl2N3O3/c1-21(11-16(24)25)12-4-3-8-22(9-7-12)10-15(23)20-14-6-2-5-13(18)17(14)19/h2,5-6,12H,3-4,7-11H2,1H3,(H,20,23)(H,24,25). The molecule has 2 N–H and O–H groups in total. The van der Waals surface area contributed by atoms with Crippen LogP contribution in [0.25, 0.3) is 0 Å². The van der Waals surface area contributed by atoms with Gasteiger partial charge >= 0.3 is 5.97 Å². The maximum Gasteiger partial charge on any atom is 0.317 e. The van der Waals surface area contributed by atoms with Crippen molar-refractivity contribution < 1.29 is 14.7 Å². The number of aliphatic carboxylic acids is 1. The number of carboxylic acids is 1. The molecule has 1 amide bonds. The molecule has 2 rings (SSSR count). The molecule has 0 aromatic heterocycles. The van der Waals surface area contributed by atoms with Crippen LogP contribution in [-0.4, -0.2) is 66.1 Å². The molecule has 0 radical (unpaired) electrons. The Kier molecular flexibility index (Phi) is 7.50. The third-order valence-corrected chi connectivity index (χ3v) is 5.21. The van der Waals surface area contributed by atoms with Gasteiger partial charge in [-0.05, 0) is 45.0 Å². The Hall–Kier alpha value is -1.34. The van der Waals surface area contributed by atoms with Crippen molar-refractivity contribution in [2.24, 2.45) is 0 Å². The normalized spacial score (nSPS) is 18.8. The highest BCUT2D eigenvalue weighted by atomic mass is 35.5. The number of rotatable bonds is 6. The first-order valence-corrected chi connectivity index (χ1v) is 9.00. The average molecular weight is 388 g/mol. The van der Waals surface area contributed by atoms with Gasteiger partial charge in [-0.2, -0.15) is 0 Å². The molecule has 1 atom stereocenters. The molecular formula is C17H23Cl2N3O3. The summed E-state index contributed by atoms with van der Waals surface area (Å²) in [6.45, 7) is 1.88. The molecule has 1 aromatic carbocycles. The lowest BCUT2D eigenvalue weighted by Crippen LogP contribution is -2.37. The molecule has 8 heteroatoms. The van der Waals surface area contributed by atoms with E-state index in [4.69, 9.17) is 28.3 Å². The molecule has 1 aromatic rings. The second-order valence-electron chi connectivity index (χ2n) is 6.32. The van der Waals surface area contributed by atoms with Gasteiger partial charge < -0.3 is 10.4 Å². The summed E-state index contributed by atoms with van der Waals surface area (Å²) in [5.74, 6) is -0.956. The Bertz CT molecular complexity index is 627. The summed E-state index contributed by atoms with van der Waals surface area (Å²) >= 11 is 12.0. The first kappa shape index (κ1) is 20.0. The second-order valence-corrected chi connectivity index (χ2v) is 7.10. The Morgan fingerprint density at radius 3 is 2.80 bits per heavy atom. The van der Waals surface area contributed by atoms with Crippen molar-refractivity contribution in [3.05, 3.63) is 28.2 Å². The van der Waals surface area contributed by atoms with Crippen LogP contribution in [0.1, 0.15) is 19.3 Å². The average Bonchev–Trinajstić information content (AvgIpc) is 2.77. The molecule has 0 aliphatic carbocycles. The van der Waals surface area contributed by atoms with Crippen molar-refractivity contribution in [3.63, 3.8) is 0 Å². The summed E-state index contributed by atoms with van der Waals surface area (Å²) in [4.78, 5) is 27.1. The van der Waals surface area contributed by atoms with Gasteiger partial charge in [0, 0.05) is 12.6 Å². The minimum Gasteiger partial charge on any atom is -0.480 e. The highest BCUT2D eigenvalue weighted by Crippen LogP contribution is 2.29. The van der Waals surface area contributed by atoms with E-state index in [1.165, 1.54) is 0 Å².